The first-order chi connectivity index (χ1) is 41.0. The van der Waals surface area contributed by atoms with E-state index in [1.165, 1.54) is 231 Å². The first kappa shape index (κ1) is 79.6. The fourth-order valence-electron chi connectivity index (χ4n) is 10.5. The van der Waals surface area contributed by atoms with Gasteiger partial charge in [-0.05, 0) is 116 Å². The maximum atomic E-state index is 12.9. The highest BCUT2D eigenvalue weighted by molar-refractivity contribution is 5.71. The Hall–Kier alpha value is -3.41. The largest absolute Gasteiger partial charge is 0.462 e. The number of hydrogen-bond donors (Lipinski definition) is 0. The summed E-state index contributed by atoms with van der Waals surface area (Å²) < 4.78 is 17.0. The van der Waals surface area contributed by atoms with Gasteiger partial charge in [0.05, 0.1) is 0 Å². The predicted octanol–water partition coefficient (Wildman–Crippen LogP) is 25.0. The molecule has 0 bridgehead atoms. The van der Waals surface area contributed by atoms with Crippen molar-refractivity contribution in [2.75, 3.05) is 13.2 Å². The highest BCUT2D eigenvalue weighted by Crippen LogP contribution is 2.18. The molecule has 0 aliphatic heterocycles. The lowest BCUT2D eigenvalue weighted by molar-refractivity contribution is -0.167. The molecule has 0 radical (unpaired) electrons. The first-order valence-electron chi connectivity index (χ1n) is 36.1. The normalized spacial score (nSPS) is 12.6. The molecule has 0 fully saturated rings. The van der Waals surface area contributed by atoms with Gasteiger partial charge in [0.15, 0.2) is 6.10 Å². The molecular weight excluding hydrogens is 1020 g/mol. The van der Waals surface area contributed by atoms with E-state index in [1.54, 1.807) is 0 Å². The number of carbonyl (C=O) groups excluding carboxylic acids is 3. The Labute approximate surface area is 515 Å². The van der Waals surface area contributed by atoms with Gasteiger partial charge in [-0.15, -0.1) is 0 Å². The number of carbonyl (C=O) groups is 3. The van der Waals surface area contributed by atoms with Crippen LogP contribution in [0.4, 0.5) is 0 Å². The molecule has 0 rings (SSSR count). The number of esters is 3. The summed E-state index contributed by atoms with van der Waals surface area (Å²) in [5.41, 5.74) is 0. The van der Waals surface area contributed by atoms with E-state index < -0.39 is 6.10 Å². The predicted molar refractivity (Wildman–Crippen MR) is 362 cm³/mol. The first-order valence-corrected chi connectivity index (χ1v) is 36.1. The van der Waals surface area contributed by atoms with Gasteiger partial charge in [-0.3, -0.25) is 14.4 Å². The van der Waals surface area contributed by atoms with Crippen molar-refractivity contribution >= 4 is 17.9 Å². The van der Waals surface area contributed by atoms with Crippen molar-refractivity contribution in [3.63, 3.8) is 0 Å². The van der Waals surface area contributed by atoms with Crippen LogP contribution in [0.15, 0.2) is 85.1 Å². The molecule has 0 spiro atoms. The van der Waals surface area contributed by atoms with Crippen LogP contribution >= 0.6 is 0 Å². The molecule has 0 amide bonds. The molecule has 0 saturated heterocycles. The Morgan fingerprint density at radius 2 is 0.470 bits per heavy atom. The average molecular weight is 1160 g/mol. The molecule has 83 heavy (non-hydrogen) atoms. The molecule has 0 aromatic rings. The summed E-state index contributed by atoms with van der Waals surface area (Å²) >= 11 is 0. The molecule has 0 aliphatic rings. The zero-order chi connectivity index (χ0) is 59.9. The molecule has 0 N–H and O–H groups in total. The topological polar surface area (TPSA) is 78.9 Å². The third-order valence-corrected chi connectivity index (χ3v) is 15.9. The maximum absolute atomic E-state index is 12.9. The van der Waals surface area contributed by atoms with E-state index in [1.807, 2.05) is 0 Å². The molecule has 1 atom stereocenters. The Kier molecular flexibility index (Phi) is 68.2. The Morgan fingerprint density at radius 1 is 0.253 bits per heavy atom. The quantitative estimate of drug-likeness (QED) is 0.0261. The summed E-state index contributed by atoms with van der Waals surface area (Å²) in [5, 5.41) is 0. The van der Waals surface area contributed by atoms with E-state index in [0.29, 0.717) is 19.3 Å². The minimum atomic E-state index is -0.780. The molecule has 0 aromatic heterocycles. The van der Waals surface area contributed by atoms with Crippen LogP contribution in [0.3, 0.4) is 0 Å². The molecule has 0 saturated carbocycles. The van der Waals surface area contributed by atoms with Gasteiger partial charge in [-0.2, -0.15) is 0 Å². The van der Waals surface area contributed by atoms with Gasteiger partial charge in [0, 0.05) is 19.3 Å². The van der Waals surface area contributed by atoms with E-state index in [9.17, 15) is 14.4 Å². The summed E-state index contributed by atoms with van der Waals surface area (Å²) in [6.45, 7) is 6.54. The molecule has 0 aromatic carbocycles. The summed E-state index contributed by atoms with van der Waals surface area (Å²) in [6.07, 6.45) is 94.8. The van der Waals surface area contributed by atoms with Crippen LogP contribution in [0.5, 0.6) is 0 Å². The Morgan fingerprint density at radius 3 is 0.759 bits per heavy atom. The van der Waals surface area contributed by atoms with E-state index in [-0.39, 0.29) is 31.1 Å². The van der Waals surface area contributed by atoms with Crippen molar-refractivity contribution in [3.05, 3.63) is 85.1 Å². The third kappa shape index (κ3) is 69.3. The van der Waals surface area contributed by atoms with E-state index >= 15 is 0 Å². The number of ether oxygens (including phenoxy) is 3. The van der Waals surface area contributed by atoms with E-state index in [4.69, 9.17) is 14.2 Å². The summed E-state index contributed by atoms with van der Waals surface area (Å²) in [4.78, 5) is 38.4. The van der Waals surface area contributed by atoms with Crippen LogP contribution in [0.2, 0.25) is 0 Å². The lowest BCUT2D eigenvalue weighted by atomic mass is 10.0. The van der Waals surface area contributed by atoms with Crippen LogP contribution in [0, 0.1) is 0 Å². The number of hydrogen-bond acceptors (Lipinski definition) is 6. The minimum Gasteiger partial charge on any atom is -0.462 e. The molecule has 0 aliphatic carbocycles. The second kappa shape index (κ2) is 71.1. The van der Waals surface area contributed by atoms with Gasteiger partial charge in [0.1, 0.15) is 13.2 Å². The van der Waals surface area contributed by atoms with Gasteiger partial charge < -0.3 is 14.2 Å². The maximum Gasteiger partial charge on any atom is 0.306 e. The fraction of sp³-hybridized carbons (Fsp3) is 0.779. The van der Waals surface area contributed by atoms with Crippen molar-refractivity contribution in [2.24, 2.45) is 0 Å². The summed E-state index contributed by atoms with van der Waals surface area (Å²) in [6, 6.07) is 0. The van der Waals surface area contributed by atoms with Gasteiger partial charge in [0.2, 0.25) is 0 Å². The fourth-order valence-corrected chi connectivity index (χ4v) is 10.5. The molecule has 480 valence electrons. The molecule has 0 heterocycles. The van der Waals surface area contributed by atoms with Gasteiger partial charge in [-0.25, -0.2) is 0 Å². The van der Waals surface area contributed by atoms with Crippen LogP contribution in [0.1, 0.15) is 367 Å². The zero-order valence-corrected chi connectivity index (χ0v) is 55.2. The lowest BCUT2D eigenvalue weighted by Crippen LogP contribution is -2.30. The van der Waals surface area contributed by atoms with Crippen molar-refractivity contribution in [1.29, 1.82) is 0 Å². The lowest BCUT2D eigenvalue weighted by Gasteiger charge is -2.18. The van der Waals surface area contributed by atoms with Gasteiger partial charge >= 0.3 is 17.9 Å². The molecule has 6 heteroatoms. The minimum absolute atomic E-state index is 0.0758. The van der Waals surface area contributed by atoms with Crippen molar-refractivity contribution in [3.8, 4) is 0 Å². The third-order valence-electron chi connectivity index (χ3n) is 15.9. The SMILES string of the molecule is CC/C=C\C/C=C\C/C=C\C/C=C\C/C=C\CCCCCCCCCCCCCCCCCCCCCC(=O)OCC(COC(=O)CCCCCCC/C=C\CCCCCC)OC(=O)CCCCCCCCC/C=C\CCCCCCCC. The number of unbranched alkanes of at least 4 members (excludes halogenated alkanes) is 41. The van der Waals surface area contributed by atoms with Crippen molar-refractivity contribution in [2.45, 2.75) is 374 Å². The van der Waals surface area contributed by atoms with E-state index in [0.717, 1.165) is 96.3 Å². The Bertz CT molecular complexity index is 1570. The van der Waals surface area contributed by atoms with Gasteiger partial charge in [-0.1, -0.05) is 318 Å². The van der Waals surface area contributed by atoms with Crippen molar-refractivity contribution < 1.29 is 28.6 Å². The summed E-state index contributed by atoms with van der Waals surface area (Å²) in [5.74, 6) is -0.869. The second-order valence-corrected chi connectivity index (χ2v) is 24.1. The molecule has 6 nitrogen and oxygen atoms in total. The molecule has 1 unspecified atom stereocenters. The van der Waals surface area contributed by atoms with Crippen LogP contribution in [-0.4, -0.2) is 37.2 Å². The Balaban J connectivity index is 4.13. The smallest absolute Gasteiger partial charge is 0.306 e. The monoisotopic (exact) mass is 1160 g/mol. The van der Waals surface area contributed by atoms with Gasteiger partial charge in [0.25, 0.3) is 0 Å². The number of rotatable bonds is 66. The standard InChI is InChI=1S/C77H136O6/c1-4-7-10-13-16-19-22-25-27-29-30-31-32-33-34-35-36-37-38-39-40-41-42-43-44-45-46-48-49-52-55-58-61-64-67-70-76(79)82-73-74(72-81-75(78)69-66-63-60-57-54-51-24-21-18-15-12-9-6-3)83-77(80)71-68-65-62-59-56-53-50-47-28-26-23-20-17-14-11-8-5-2/h7,10,16,19,21,24-28,30-31,33-34,74H,4-6,8-9,11-15,17-18,20,22-23,29,32,35-73H2,1-3H3/b10-7-,19-16-,24-21-,27-25-,28-26-,31-30-,34-33-. The van der Waals surface area contributed by atoms with Crippen LogP contribution in [-0.2, 0) is 28.6 Å². The zero-order valence-electron chi connectivity index (χ0n) is 55.2. The highest BCUT2D eigenvalue weighted by atomic mass is 16.6. The summed E-state index contributed by atoms with van der Waals surface area (Å²) in [7, 11) is 0. The van der Waals surface area contributed by atoms with Crippen LogP contribution < -0.4 is 0 Å². The highest BCUT2D eigenvalue weighted by Gasteiger charge is 2.19. The number of allylic oxidation sites excluding steroid dienone is 14. The van der Waals surface area contributed by atoms with Crippen LogP contribution in [0.25, 0.3) is 0 Å². The average Bonchev–Trinajstić information content (AvgIpc) is 3.49. The van der Waals surface area contributed by atoms with E-state index in [2.05, 4.69) is 106 Å². The molecular formula is C77H136O6. The van der Waals surface area contributed by atoms with Crippen molar-refractivity contribution in [1.82, 2.24) is 0 Å². The second-order valence-electron chi connectivity index (χ2n) is 24.1.